The van der Waals surface area contributed by atoms with E-state index in [4.69, 9.17) is 5.11 Å². The van der Waals surface area contributed by atoms with Gasteiger partial charge in [-0.3, -0.25) is 0 Å². The van der Waals surface area contributed by atoms with Crippen LogP contribution in [0.25, 0.3) is 0 Å². The molecule has 2 heteroatoms. The molecule has 2 saturated carbocycles. The normalized spacial score (nSPS) is 49.6. The van der Waals surface area contributed by atoms with E-state index < -0.39 is 0 Å². The Balaban J connectivity index is 2.06. The molecule has 0 aromatic heterocycles. The van der Waals surface area contributed by atoms with Crippen LogP contribution in [0.1, 0.15) is 25.7 Å². The fourth-order valence-electron chi connectivity index (χ4n) is 2.92. The zero-order valence-corrected chi connectivity index (χ0v) is 6.74. The lowest BCUT2D eigenvalue weighted by molar-refractivity contribution is 0.0368. The molecule has 0 aromatic carbocycles. The van der Waals surface area contributed by atoms with Crippen molar-refractivity contribution >= 4 is 0 Å². The van der Waals surface area contributed by atoms with E-state index in [9.17, 15) is 5.11 Å². The van der Waals surface area contributed by atoms with E-state index in [-0.39, 0.29) is 6.10 Å². The van der Waals surface area contributed by atoms with Crippen molar-refractivity contribution in [1.29, 1.82) is 0 Å². The van der Waals surface area contributed by atoms with Gasteiger partial charge >= 0.3 is 0 Å². The molecule has 2 fully saturated rings. The summed E-state index contributed by atoms with van der Waals surface area (Å²) in [4.78, 5) is 0. The van der Waals surface area contributed by atoms with Gasteiger partial charge in [-0.25, -0.2) is 0 Å². The minimum atomic E-state index is -0.0738. The Morgan fingerprint density at radius 1 is 1.09 bits per heavy atom. The second-order valence-corrected chi connectivity index (χ2v) is 4.07. The molecule has 0 radical (unpaired) electrons. The molecule has 2 N–H and O–H groups in total. The van der Waals surface area contributed by atoms with Crippen LogP contribution < -0.4 is 0 Å². The maximum atomic E-state index is 9.42. The molecule has 2 aliphatic rings. The Bertz CT molecular complexity index is 132. The molecule has 0 saturated heterocycles. The average Bonchev–Trinajstić information content (AvgIpc) is 2.23. The van der Waals surface area contributed by atoms with E-state index in [0.717, 1.165) is 12.8 Å². The maximum Gasteiger partial charge on any atom is 0.0545 e. The van der Waals surface area contributed by atoms with Crippen LogP contribution in [0.15, 0.2) is 0 Å². The predicted octanol–water partition coefficient (Wildman–Crippen LogP) is 0.776. The van der Waals surface area contributed by atoms with Gasteiger partial charge in [0.2, 0.25) is 0 Å². The molecule has 0 amide bonds. The highest BCUT2D eigenvalue weighted by Gasteiger charge is 2.41. The first-order valence-corrected chi connectivity index (χ1v) is 4.60. The van der Waals surface area contributed by atoms with Crippen molar-refractivity contribution < 1.29 is 10.2 Å². The van der Waals surface area contributed by atoms with Gasteiger partial charge in [-0.2, -0.15) is 0 Å². The molecule has 2 rings (SSSR count). The molecule has 64 valence electrons. The van der Waals surface area contributed by atoms with Crippen LogP contribution in [-0.4, -0.2) is 22.9 Å². The molecule has 2 bridgehead atoms. The summed E-state index contributed by atoms with van der Waals surface area (Å²) in [6.45, 7) is 0.335. The Morgan fingerprint density at radius 2 is 1.64 bits per heavy atom. The highest BCUT2D eigenvalue weighted by atomic mass is 16.3. The van der Waals surface area contributed by atoms with Crippen LogP contribution in [0.3, 0.4) is 0 Å². The van der Waals surface area contributed by atoms with Crippen LogP contribution in [0, 0.1) is 17.8 Å². The van der Waals surface area contributed by atoms with Crippen molar-refractivity contribution in [2.75, 3.05) is 6.61 Å². The summed E-state index contributed by atoms with van der Waals surface area (Å²) in [6.07, 6.45) is 4.25. The molecule has 0 heterocycles. The first-order valence-electron chi connectivity index (χ1n) is 4.60. The molecule has 2 nitrogen and oxygen atoms in total. The van der Waals surface area contributed by atoms with Crippen LogP contribution >= 0.6 is 0 Å². The fraction of sp³-hybridized carbons (Fsp3) is 1.00. The molecule has 0 aromatic rings. The Kier molecular flexibility index (Phi) is 1.90. The van der Waals surface area contributed by atoms with Crippen LogP contribution in [-0.2, 0) is 0 Å². The van der Waals surface area contributed by atoms with E-state index >= 15 is 0 Å². The summed E-state index contributed by atoms with van der Waals surface area (Å²) in [5.74, 6) is 1.75. The van der Waals surface area contributed by atoms with E-state index in [0.29, 0.717) is 24.4 Å². The number of fused-ring (bicyclic) bond motifs is 2. The van der Waals surface area contributed by atoms with Gasteiger partial charge in [0.25, 0.3) is 0 Å². The Labute approximate surface area is 67.2 Å². The average molecular weight is 156 g/mol. The van der Waals surface area contributed by atoms with Crippen molar-refractivity contribution in [3.05, 3.63) is 0 Å². The maximum absolute atomic E-state index is 9.42. The standard InChI is InChI=1S/C9H16O2/c10-5-9-6-1-2-7(9)4-8(11)3-6/h6-11H,1-5H2. The molecule has 2 atom stereocenters. The number of hydrogen-bond acceptors (Lipinski definition) is 2. The first kappa shape index (κ1) is 7.56. The third kappa shape index (κ3) is 1.18. The molecule has 2 aliphatic carbocycles. The highest BCUT2D eigenvalue weighted by Crippen LogP contribution is 2.46. The summed E-state index contributed by atoms with van der Waals surface area (Å²) in [5, 5.41) is 18.5. The molecular weight excluding hydrogens is 140 g/mol. The lowest BCUT2D eigenvalue weighted by atomic mass is 9.78. The molecule has 11 heavy (non-hydrogen) atoms. The summed E-state index contributed by atoms with van der Waals surface area (Å²) < 4.78 is 0. The van der Waals surface area contributed by atoms with Gasteiger partial charge in [-0.05, 0) is 43.4 Å². The SMILES string of the molecule is OCC1C2CCC1CC(O)C2. The topological polar surface area (TPSA) is 40.5 Å². The van der Waals surface area contributed by atoms with Gasteiger partial charge in [0.1, 0.15) is 0 Å². The minimum absolute atomic E-state index is 0.0738. The lowest BCUT2D eigenvalue weighted by Crippen LogP contribution is -2.31. The molecule has 0 aliphatic heterocycles. The van der Waals surface area contributed by atoms with Gasteiger partial charge in [0, 0.05) is 6.61 Å². The predicted molar refractivity (Wildman–Crippen MR) is 42.0 cm³/mol. The van der Waals surface area contributed by atoms with Gasteiger partial charge in [-0.1, -0.05) is 0 Å². The third-order valence-electron chi connectivity index (χ3n) is 3.48. The van der Waals surface area contributed by atoms with E-state index in [1.807, 2.05) is 0 Å². The van der Waals surface area contributed by atoms with Crippen LogP contribution in [0.2, 0.25) is 0 Å². The molecule has 0 spiro atoms. The van der Waals surface area contributed by atoms with Crippen molar-refractivity contribution in [3.8, 4) is 0 Å². The number of hydrogen-bond donors (Lipinski definition) is 2. The zero-order chi connectivity index (χ0) is 7.84. The minimum Gasteiger partial charge on any atom is -0.396 e. The monoisotopic (exact) mass is 156 g/mol. The fourth-order valence-corrected chi connectivity index (χ4v) is 2.92. The summed E-state index contributed by atoms with van der Waals surface area (Å²) in [7, 11) is 0. The van der Waals surface area contributed by atoms with Crippen molar-refractivity contribution in [2.24, 2.45) is 17.8 Å². The second-order valence-electron chi connectivity index (χ2n) is 4.07. The summed E-state index contributed by atoms with van der Waals surface area (Å²) >= 11 is 0. The summed E-state index contributed by atoms with van der Waals surface area (Å²) in [5.41, 5.74) is 0. The Morgan fingerprint density at radius 3 is 2.09 bits per heavy atom. The van der Waals surface area contributed by atoms with E-state index in [1.165, 1.54) is 12.8 Å². The van der Waals surface area contributed by atoms with Crippen LogP contribution in [0.5, 0.6) is 0 Å². The van der Waals surface area contributed by atoms with E-state index in [1.54, 1.807) is 0 Å². The first-order chi connectivity index (χ1) is 5.31. The number of aliphatic hydroxyl groups excluding tert-OH is 2. The van der Waals surface area contributed by atoms with Gasteiger partial charge in [0.15, 0.2) is 0 Å². The lowest BCUT2D eigenvalue weighted by Gasteiger charge is -2.31. The highest BCUT2D eigenvalue weighted by molar-refractivity contribution is 4.91. The van der Waals surface area contributed by atoms with Crippen LogP contribution in [0.4, 0.5) is 0 Å². The zero-order valence-electron chi connectivity index (χ0n) is 6.74. The van der Waals surface area contributed by atoms with Crippen molar-refractivity contribution in [2.45, 2.75) is 31.8 Å². The quantitative estimate of drug-likeness (QED) is 0.589. The number of rotatable bonds is 1. The smallest absolute Gasteiger partial charge is 0.0545 e. The van der Waals surface area contributed by atoms with Crippen molar-refractivity contribution in [3.63, 3.8) is 0 Å². The van der Waals surface area contributed by atoms with Gasteiger partial charge < -0.3 is 10.2 Å². The molecule has 2 unspecified atom stereocenters. The second kappa shape index (κ2) is 2.76. The third-order valence-corrected chi connectivity index (χ3v) is 3.48. The number of aliphatic hydroxyl groups is 2. The van der Waals surface area contributed by atoms with Gasteiger partial charge in [0.05, 0.1) is 6.10 Å². The Hall–Kier alpha value is -0.0800. The summed E-state index contributed by atoms with van der Waals surface area (Å²) in [6, 6.07) is 0. The molecular formula is C9H16O2. The van der Waals surface area contributed by atoms with Gasteiger partial charge in [-0.15, -0.1) is 0 Å². The largest absolute Gasteiger partial charge is 0.396 e. The van der Waals surface area contributed by atoms with E-state index in [2.05, 4.69) is 0 Å². The van der Waals surface area contributed by atoms with Crippen molar-refractivity contribution in [1.82, 2.24) is 0 Å².